The largest absolute Gasteiger partial charge is 0.409 e. The molecule has 1 amide bonds. The molecule has 110 valence electrons. The lowest BCUT2D eigenvalue weighted by Crippen LogP contribution is -2.60. The van der Waals surface area contributed by atoms with Gasteiger partial charge in [-0.3, -0.25) is 9.69 Å². The first kappa shape index (κ1) is 15.8. The van der Waals surface area contributed by atoms with Gasteiger partial charge in [-0.2, -0.15) is 0 Å². The Labute approximate surface area is 115 Å². The molecule has 0 spiro atoms. The van der Waals surface area contributed by atoms with Crippen molar-refractivity contribution in [1.82, 2.24) is 9.80 Å². The third-order valence-corrected chi connectivity index (χ3v) is 4.15. The molecule has 0 aromatic heterocycles. The Kier molecular flexibility index (Phi) is 5.17. The summed E-state index contributed by atoms with van der Waals surface area (Å²) in [5.41, 5.74) is 5.24. The van der Waals surface area contributed by atoms with Gasteiger partial charge < -0.3 is 15.8 Å². The van der Waals surface area contributed by atoms with Crippen LogP contribution in [0.2, 0.25) is 0 Å². The van der Waals surface area contributed by atoms with Gasteiger partial charge in [0.25, 0.3) is 0 Å². The highest BCUT2D eigenvalue weighted by molar-refractivity contribution is 5.88. The number of nitrogens with two attached hydrogens (primary N) is 1. The van der Waals surface area contributed by atoms with Crippen LogP contribution in [0.3, 0.4) is 0 Å². The standard InChI is InChI=1S/C13H26N4O2/c1-5-10(2)11(18)16-6-8-17(9-7-16)13(3,4)12(14)15-19/h10,19H,5-9H2,1-4H3,(H2,14,15). The molecule has 3 N–H and O–H groups in total. The van der Waals surface area contributed by atoms with Crippen LogP contribution in [0.4, 0.5) is 0 Å². The predicted molar refractivity (Wildman–Crippen MR) is 75.1 cm³/mol. The molecule has 6 nitrogen and oxygen atoms in total. The molecule has 0 saturated carbocycles. The summed E-state index contributed by atoms with van der Waals surface area (Å²) in [6, 6.07) is 0. The van der Waals surface area contributed by atoms with Crippen LogP contribution < -0.4 is 5.73 Å². The van der Waals surface area contributed by atoms with Gasteiger partial charge in [-0.05, 0) is 20.3 Å². The van der Waals surface area contributed by atoms with Crippen molar-refractivity contribution in [2.24, 2.45) is 16.8 Å². The van der Waals surface area contributed by atoms with E-state index in [2.05, 4.69) is 10.1 Å². The molecule has 19 heavy (non-hydrogen) atoms. The normalized spacial score (nSPS) is 20.4. The fraction of sp³-hybridized carbons (Fsp3) is 0.846. The van der Waals surface area contributed by atoms with E-state index in [0.717, 1.165) is 19.5 Å². The van der Waals surface area contributed by atoms with Crippen LogP contribution in [-0.2, 0) is 4.79 Å². The third-order valence-electron chi connectivity index (χ3n) is 4.15. The molecule has 1 atom stereocenters. The molecule has 0 aromatic rings. The summed E-state index contributed by atoms with van der Waals surface area (Å²) < 4.78 is 0. The van der Waals surface area contributed by atoms with Crippen LogP contribution in [0.5, 0.6) is 0 Å². The van der Waals surface area contributed by atoms with Crippen LogP contribution in [0.15, 0.2) is 5.16 Å². The summed E-state index contributed by atoms with van der Waals surface area (Å²) in [5, 5.41) is 11.9. The third kappa shape index (κ3) is 3.37. The first-order valence-corrected chi connectivity index (χ1v) is 6.86. The minimum Gasteiger partial charge on any atom is -0.409 e. The number of amides is 1. The Morgan fingerprint density at radius 2 is 1.89 bits per heavy atom. The van der Waals surface area contributed by atoms with E-state index in [1.54, 1.807) is 0 Å². The maximum Gasteiger partial charge on any atom is 0.225 e. The van der Waals surface area contributed by atoms with Gasteiger partial charge >= 0.3 is 0 Å². The number of carbonyl (C=O) groups is 1. The van der Waals surface area contributed by atoms with Gasteiger partial charge in [-0.15, -0.1) is 0 Å². The van der Waals surface area contributed by atoms with E-state index < -0.39 is 5.54 Å². The van der Waals surface area contributed by atoms with Crippen molar-refractivity contribution in [2.45, 2.75) is 39.7 Å². The van der Waals surface area contributed by atoms with E-state index in [1.165, 1.54) is 0 Å². The number of amidine groups is 1. The Morgan fingerprint density at radius 1 is 1.37 bits per heavy atom. The van der Waals surface area contributed by atoms with Gasteiger partial charge in [0.05, 0.1) is 5.54 Å². The van der Waals surface area contributed by atoms with Crippen molar-refractivity contribution in [3.63, 3.8) is 0 Å². The molecule has 0 aromatic carbocycles. The van der Waals surface area contributed by atoms with Crippen molar-refractivity contribution in [1.29, 1.82) is 0 Å². The molecule has 6 heteroatoms. The van der Waals surface area contributed by atoms with Gasteiger partial charge in [-0.1, -0.05) is 19.0 Å². The molecule has 0 aliphatic carbocycles. The number of nitrogens with zero attached hydrogens (tertiary/aromatic N) is 3. The van der Waals surface area contributed by atoms with E-state index >= 15 is 0 Å². The summed E-state index contributed by atoms with van der Waals surface area (Å²) >= 11 is 0. The van der Waals surface area contributed by atoms with E-state index in [-0.39, 0.29) is 17.7 Å². The van der Waals surface area contributed by atoms with E-state index in [1.807, 2.05) is 32.6 Å². The molecule has 1 saturated heterocycles. The zero-order valence-electron chi connectivity index (χ0n) is 12.4. The molecule has 0 radical (unpaired) electrons. The summed E-state index contributed by atoms with van der Waals surface area (Å²) in [5.74, 6) is 0.515. The lowest BCUT2D eigenvalue weighted by molar-refractivity contribution is -0.137. The number of carbonyl (C=O) groups excluding carboxylic acids is 1. The summed E-state index contributed by atoms with van der Waals surface area (Å²) in [6.07, 6.45) is 0.870. The smallest absolute Gasteiger partial charge is 0.225 e. The maximum atomic E-state index is 12.1. The van der Waals surface area contributed by atoms with Crippen molar-refractivity contribution >= 4 is 11.7 Å². The summed E-state index contributed by atoms with van der Waals surface area (Å²) in [6.45, 7) is 10.7. The number of hydrogen-bond donors (Lipinski definition) is 2. The fourth-order valence-corrected chi connectivity index (χ4v) is 2.26. The van der Waals surface area contributed by atoms with E-state index in [4.69, 9.17) is 10.9 Å². The van der Waals surface area contributed by atoms with Crippen molar-refractivity contribution in [3.8, 4) is 0 Å². The minimum absolute atomic E-state index is 0.0867. The quantitative estimate of drug-likeness (QED) is 0.341. The highest BCUT2D eigenvalue weighted by Crippen LogP contribution is 2.18. The Hall–Kier alpha value is -1.30. The average Bonchev–Trinajstić information content (AvgIpc) is 2.44. The number of hydrogen-bond acceptors (Lipinski definition) is 4. The van der Waals surface area contributed by atoms with Gasteiger partial charge in [0, 0.05) is 32.1 Å². The first-order chi connectivity index (χ1) is 8.84. The zero-order chi connectivity index (χ0) is 14.6. The highest BCUT2D eigenvalue weighted by atomic mass is 16.4. The van der Waals surface area contributed by atoms with Gasteiger partial charge in [-0.25, -0.2) is 0 Å². The molecule has 0 bridgehead atoms. The number of piperazine rings is 1. The second-order valence-corrected chi connectivity index (χ2v) is 5.67. The Balaban J connectivity index is 2.61. The molecule has 1 aliphatic rings. The molecule has 1 unspecified atom stereocenters. The molecule has 1 aliphatic heterocycles. The number of rotatable bonds is 4. The minimum atomic E-state index is -0.486. The van der Waals surface area contributed by atoms with Gasteiger partial charge in [0.1, 0.15) is 0 Å². The van der Waals surface area contributed by atoms with E-state index in [9.17, 15) is 4.79 Å². The maximum absolute atomic E-state index is 12.1. The monoisotopic (exact) mass is 270 g/mol. The zero-order valence-corrected chi connectivity index (χ0v) is 12.4. The molecular weight excluding hydrogens is 244 g/mol. The molecule has 1 rings (SSSR count). The van der Waals surface area contributed by atoms with Crippen molar-refractivity contribution in [2.75, 3.05) is 26.2 Å². The molecule has 1 fully saturated rings. The van der Waals surface area contributed by atoms with Crippen LogP contribution >= 0.6 is 0 Å². The lowest BCUT2D eigenvalue weighted by atomic mass is 9.99. The van der Waals surface area contributed by atoms with Crippen molar-refractivity contribution in [3.05, 3.63) is 0 Å². The van der Waals surface area contributed by atoms with Crippen LogP contribution in [0, 0.1) is 5.92 Å². The molecular formula is C13H26N4O2. The topological polar surface area (TPSA) is 82.2 Å². The Bertz CT molecular complexity index is 347. The van der Waals surface area contributed by atoms with Crippen LogP contribution in [0.25, 0.3) is 0 Å². The van der Waals surface area contributed by atoms with Gasteiger partial charge in [0.15, 0.2) is 5.84 Å². The van der Waals surface area contributed by atoms with Crippen LogP contribution in [0.1, 0.15) is 34.1 Å². The van der Waals surface area contributed by atoms with Crippen LogP contribution in [-0.4, -0.2) is 58.5 Å². The van der Waals surface area contributed by atoms with Gasteiger partial charge in [0.2, 0.25) is 5.91 Å². The predicted octanol–water partition coefficient (Wildman–Crippen LogP) is 0.702. The van der Waals surface area contributed by atoms with Crippen molar-refractivity contribution < 1.29 is 10.0 Å². The number of oxime groups is 1. The molecule has 1 heterocycles. The SMILES string of the molecule is CCC(C)C(=O)N1CCN(C(C)(C)C(N)=NO)CC1. The Morgan fingerprint density at radius 3 is 2.32 bits per heavy atom. The first-order valence-electron chi connectivity index (χ1n) is 6.86. The summed E-state index contributed by atoms with van der Waals surface area (Å²) in [7, 11) is 0. The highest BCUT2D eigenvalue weighted by Gasteiger charge is 2.35. The summed E-state index contributed by atoms with van der Waals surface area (Å²) in [4.78, 5) is 16.1. The van der Waals surface area contributed by atoms with E-state index in [0.29, 0.717) is 13.1 Å². The second-order valence-electron chi connectivity index (χ2n) is 5.67. The lowest BCUT2D eigenvalue weighted by Gasteiger charge is -2.43. The second kappa shape index (κ2) is 6.23. The average molecular weight is 270 g/mol. The fourth-order valence-electron chi connectivity index (χ4n) is 2.26.